The molecule has 0 spiro atoms. The molecule has 2 unspecified atom stereocenters. The van der Waals surface area contributed by atoms with Crippen molar-refractivity contribution in [3.8, 4) is 0 Å². The van der Waals surface area contributed by atoms with Gasteiger partial charge >= 0.3 is 18.9 Å². The maximum Gasteiger partial charge on any atom is 0.508 e. The maximum atomic E-state index is 12.3. The summed E-state index contributed by atoms with van der Waals surface area (Å²) in [5.74, 6) is -0.904. The lowest BCUT2D eigenvalue weighted by Gasteiger charge is -2.42. The van der Waals surface area contributed by atoms with Crippen molar-refractivity contribution in [3.05, 3.63) is 35.9 Å². The summed E-state index contributed by atoms with van der Waals surface area (Å²) >= 11 is 5.04. The minimum absolute atomic E-state index is 0.0230. The number of nitrogens with one attached hydrogen (secondary N) is 3. The monoisotopic (exact) mass is 761 g/mol. The van der Waals surface area contributed by atoms with Gasteiger partial charge < -0.3 is 68.9 Å². The van der Waals surface area contributed by atoms with E-state index in [4.69, 9.17) is 52.4 Å². The summed E-state index contributed by atoms with van der Waals surface area (Å²) in [7, 11) is 7.45. The molecule has 2 fully saturated rings. The van der Waals surface area contributed by atoms with Gasteiger partial charge in [0.1, 0.15) is 57.6 Å². The van der Waals surface area contributed by atoms with Crippen molar-refractivity contribution >= 4 is 44.5 Å². The fourth-order valence-corrected chi connectivity index (χ4v) is 6.56. The minimum Gasteiger partial charge on any atom is -0.431 e. The topological polar surface area (TPSA) is 233 Å². The fourth-order valence-electron chi connectivity index (χ4n) is 5.58. The molecular formula is C31H49BN3O14PS. The van der Waals surface area contributed by atoms with E-state index >= 15 is 0 Å². The van der Waals surface area contributed by atoms with Crippen LogP contribution < -0.4 is 16.0 Å². The molecular weight excluding hydrogens is 712 g/mol. The van der Waals surface area contributed by atoms with E-state index in [-0.39, 0.29) is 25.9 Å². The number of benzene rings is 1. The van der Waals surface area contributed by atoms with Gasteiger partial charge in [-0.15, -0.1) is 0 Å². The third-order valence-corrected chi connectivity index (χ3v) is 9.91. The Morgan fingerprint density at radius 1 is 0.980 bits per heavy atom. The highest BCUT2D eigenvalue weighted by molar-refractivity contribution is 8.07. The summed E-state index contributed by atoms with van der Waals surface area (Å²) in [6.45, 7) is -2.24. The second-order valence-corrected chi connectivity index (χ2v) is 14.9. The standard InChI is InChI=1S/C31H49BN3O14PS/c1-19(37)35-24-26(39)25(38)22(16-36)48-29(24)44-15-8-4-7-13-33-30(40)34-14-9-12-21-27(49-50(42,51)43-2)23(47-28(21)32)18-46-31(41)45-17-20-10-5-3-6-11-20/h3,5-6,10-11,21-29,36,38-39H,4,7-9,12-18H2,1-2H3,(H,35,37)(H,42,51)(H2,33,34,40)/t21-,22+,23+,24+,25-,26+,27?,28+,29+,50?/m0/s1. The van der Waals surface area contributed by atoms with Crippen LogP contribution in [0.3, 0.4) is 0 Å². The van der Waals surface area contributed by atoms with Crippen LogP contribution in [-0.2, 0) is 55.9 Å². The Kier molecular flexibility index (Phi) is 18.5. The third-order valence-electron chi connectivity index (χ3n) is 8.23. The molecule has 2 radical (unpaired) electrons. The Bertz CT molecular complexity index is 1280. The zero-order chi connectivity index (χ0) is 37.4. The van der Waals surface area contributed by atoms with Crippen molar-refractivity contribution < 1.29 is 67.3 Å². The van der Waals surface area contributed by atoms with Gasteiger partial charge in [-0.1, -0.05) is 30.3 Å². The van der Waals surface area contributed by atoms with Crippen LogP contribution in [0.15, 0.2) is 30.3 Å². The maximum absolute atomic E-state index is 12.3. The Morgan fingerprint density at radius 2 is 1.69 bits per heavy atom. The van der Waals surface area contributed by atoms with Crippen LogP contribution in [0.5, 0.6) is 0 Å². The number of rotatable bonds is 20. The number of carbonyl (C=O) groups is 3. The molecule has 2 aliphatic rings. The summed E-state index contributed by atoms with van der Waals surface area (Å²) in [5.41, 5.74) is 0.786. The van der Waals surface area contributed by atoms with Gasteiger partial charge in [0, 0.05) is 45.7 Å². The number of ether oxygens (including phenoxy) is 5. The lowest BCUT2D eigenvalue weighted by molar-refractivity contribution is -0.270. The zero-order valence-electron chi connectivity index (χ0n) is 28.7. The third kappa shape index (κ3) is 14.5. The van der Waals surface area contributed by atoms with Gasteiger partial charge in [0.2, 0.25) is 5.91 Å². The van der Waals surface area contributed by atoms with Crippen LogP contribution in [0.25, 0.3) is 0 Å². The van der Waals surface area contributed by atoms with Crippen molar-refractivity contribution in [2.75, 3.05) is 40.0 Å². The van der Waals surface area contributed by atoms with Crippen molar-refractivity contribution in [3.63, 3.8) is 0 Å². The van der Waals surface area contributed by atoms with Crippen LogP contribution in [-0.4, -0.2) is 135 Å². The van der Waals surface area contributed by atoms with E-state index in [1.54, 1.807) is 12.1 Å². The Hall–Kier alpha value is -2.42. The summed E-state index contributed by atoms with van der Waals surface area (Å²) in [5, 5.41) is 37.9. The lowest BCUT2D eigenvalue weighted by atomic mass is 9.82. The van der Waals surface area contributed by atoms with Crippen molar-refractivity contribution in [2.45, 2.75) is 94.5 Å². The molecule has 0 aliphatic carbocycles. The van der Waals surface area contributed by atoms with E-state index in [9.17, 15) is 34.6 Å². The number of urea groups is 1. The molecule has 1 aromatic rings. The summed E-state index contributed by atoms with van der Waals surface area (Å²) < 4.78 is 38.0. The molecule has 2 heterocycles. The number of hydrogen-bond acceptors (Lipinski definition) is 14. The average molecular weight is 762 g/mol. The van der Waals surface area contributed by atoms with Gasteiger partial charge in [0.05, 0.1) is 6.61 Å². The first-order valence-electron chi connectivity index (χ1n) is 16.7. The van der Waals surface area contributed by atoms with Crippen molar-refractivity contribution in [2.24, 2.45) is 5.92 Å². The van der Waals surface area contributed by atoms with E-state index in [2.05, 4.69) is 16.0 Å². The predicted octanol–water partition coefficient (Wildman–Crippen LogP) is 0.308. The van der Waals surface area contributed by atoms with Crippen molar-refractivity contribution in [1.29, 1.82) is 0 Å². The van der Waals surface area contributed by atoms with Crippen LogP contribution in [0.4, 0.5) is 9.59 Å². The number of amides is 3. The van der Waals surface area contributed by atoms with E-state index in [1.807, 2.05) is 18.2 Å². The first-order valence-corrected chi connectivity index (χ1v) is 19.3. The zero-order valence-corrected chi connectivity index (χ0v) is 30.4. The highest BCUT2D eigenvalue weighted by Gasteiger charge is 2.46. The number of carbonyl (C=O) groups excluding carboxylic acids is 3. The van der Waals surface area contributed by atoms with E-state index < -0.39 is 80.2 Å². The van der Waals surface area contributed by atoms with Gasteiger partial charge in [0.25, 0.3) is 0 Å². The van der Waals surface area contributed by atoms with Gasteiger partial charge in [-0.2, -0.15) is 0 Å². The second kappa shape index (κ2) is 22.0. The van der Waals surface area contributed by atoms with Gasteiger partial charge in [-0.05, 0) is 49.5 Å². The summed E-state index contributed by atoms with van der Waals surface area (Å²) in [6.07, 6.45) is -4.71. The number of aliphatic hydroxyl groups is 3. The summed E-state index contributed by atoms with van der Waals surface area (Å²) in [4.78, 5) is 46.4. The minimum atomic E-state index is -3.64. The predicted molar refractivity (Wildman–Crippen MR) is 185 cm³/mol. The number of hydrogen-bond donors (Lipinski definition) is 7. The van der Waals surface area contributed by atoms with Crippen LogP contribution in [0, 0.1) is 5.92 Å². The van der Waals surface area contributed by atoms with Crippen LogP contribution in [0.2, 0.25) is 0 Å². The van der Waals surface area contributed by atoms with Crippen molar-refractivity contribution in [1.82, 2.24) is 16.0 Å². The van der Waals surface area contributed by atoms with Crippen LogP contribution >= 0.6 is 6.72 Å². The molecule has 51 heavy (non-hydrogen) atoms. The first-order chi connectivity index (χ1) is 24.3. The Balaban J connectivity index is 1.33. The number of aliphatic hydroxyl groups excluding tert-OH is 3. The van der Waals surface area contributed by atoms with E-state index in [0.29, 0.717) is 45.2 Å². The van der Waals surface area contributed by atoms with Gasteiger partial charge in [-0.3, -0.25) is 4.79 Å². The fraction of sp³-hybridized carbons (Fsp3) is 0.710. The average Bonchev–Trinajstić information content (AvgIpc) is 3.39. The lowest BCUT2D eigenvalue weighted by Crippen LogP contribution is -2.64. The molecule has 3 rings (SSSR count). The molecule has 0 aromatic heterocycles. The Morgan fingerprint density at radius 3 is 2.35 bits per heavy atom. The van der Waals surface area contributed by atoms with Crippen LogP contribution in [0.1, 0.15) is 44.6 Å². The highest BCUT2D eigenvalue weighted by Crippen LogP contribution is 2.48. The first kappa shape index (κ1) is 43.0. The van der Waals surface area contributed by atoms with E-state index in [0.717, 1.165) is 5.56 Å². The molecule has 7 N–H and O–H groups in total. The molecule has 1 aromatic carbocycles. The summed E-state index contributed by atoms with van der Waals surface area (Å²) in [6, 6.07) is 6.88. The second-order valence-electron chi connectivity index (χ2n) is 12.0. The molecule has 10 atom stereocenters. The molecule has 2 aliphatic heterocycles. The molecule has 3 amide bonds. The quantitative estimate of drug-likeness (QED) is 0.0410. The molecule has 17 nitrogen and oxygen atoms in total. The molecule has 20 heteroatoms. The smallest absolute Gasteiger partial charge is 0.431 e. The SMILES string of the molecule is [B][C@@H]1O[C@H](COC(=O)OCc2ccccc2)C(OP(O)(=S)OC)[C@@H]1CCCNC(=O)NCCCCCO[C@@H]1O[C@H](CO)[C@H](O)[C@H](O)[C@H]1NC(C)=O. The van der Waals surface area contributed by atoms with E-state index in [1.165, 1.54) is 14.0 Å². The molecule has 0 saturated carbocycles. The Labute approximate surface area is 303 Å². The largest absolute Gasteiger partial charge is 0.508 e. The molecule has 0 bridgehead atoms. The van der Waals surface area contributed by atoms with Gasteiger partial charge in [-0.25, -0.2) is 9.59 Å². The number of unbranched alkanes of at least 4 members (excludes halogenated alkanes) is 2. The normalized spacial score (nSPS) is 28.7. The molecule has 2 saturated heterocycles. The van der Waals surface area contributed by atoms with Gasteiger partial charge in [0.15, 0.2) is 6.29 Å². The molecule has 286 valence electrons. The highest BCUT2D eigenvalue weighted by atomic mass is 32.5.